The third-order valence-corrected chi connectivity index (χ3v) is 2.11. The maximum absolute atomic E-state index is 5.37. The molecule has 0 spiro atoms. The lowest BCUT2D eigenvalue weighted by Gasteiger charge is -2.16. The van der Waals surface area contributed by atoms with E-state index in [9.17, 15) is 0 Å². The topological polar surface area (TPSA) is 47.7 Å². The van der Waals surface area contributed by atoms with Crippen LogP contribution >= 0.6 is 0 Å². The van der Waals surface area contributed by atoms with E-state index < -0.39 is 0 Å². The van der Waals surface area contributed by atoms with Gasteiger partial charge in [-0.2, -0.15) is 0 Å². The molecule has 0 radical (unpaired) electrons. The average Bonchev–Trinajstić information content (AvgIpc) is 2.18. The van der Waals surface area contributed by atoms with Gasteiger partial charge in [-0.15, -0.1) is 0 Å². The highest BCUT2D eigenvalue weighted by Crippen LogP contribution is 2.25. The van der Waals surface area contributed by atoms with Gasteiger partial charge < -0.3 is 9.64 Å². The fourth-order valence-electron chi connectivity index (χ4n) is 1.57. The SMILES string of the molecule is COc1c(CON)cccc1CN(C)C. The van der Waals surface area contributed by atoms with E-state index in [1.807, 2.05) is 32.3 Å². The van der Waals surface area contributed by atoms with Crippen molar-refractivity contribution in [2.24, 2.45) is 5.90 Å². The van der Waals surface area contributed by atoms with Gasteiger partial charge in [-0.25, -0.2) is 5.90 Å². The molecule has 1 aromatic rings. The van der Waals surface area contributed by atoms with Crippen LogP contribution in [-0.2, 0) is 18.0 Å². The smallest absolute Gasteiger partial charge is 0.128 e. The molecule has 0 bridgehead atoms. The zero-order valence-corrected chi connectivity index (χ0v) is 9.49. The molecule has 15 heavy (non-hydrogen) atoms. The van der Waals surface area contributed by atoms with Crippen molar-refractivity contribution in [2.75, 3.05) is 21.2 Å². The molecule has 4 nitrogen and oxygen atoms in total. The molecule has 0 heterocycles. The lowest BCUT2D eigenvalue weighted by Crippen LogP contribution is -2.12. The minimum absolute atomic E-state index is 0.366. The van der Waals surface area contributed by atoms with Gasteiger partial charge in [0.25, 0.3) is 0 Å². The average molecular weight is 210 g/mol. The van der Waals surface area contributed by atoms with Gasteiger partial charge in [-0.1, -0.05) is 18.2 Å². The Labute approximate surface area is 90.5 Å². The molecule has 1 aromatic carbocycles. The van der Waals surface area contributed by atoms with Crippen LogP contribution in [-0.4, -0.2) is 26.1 Å². The molecule has 0 saturated heterocycles. The van der Waals surface area contributed by atoms with Crippen molar-refractivity contribution in [1.82, 2.24) is 4.90 Å². The maximum Gasteiger partial charge on any atom is 0.128 e. The molecule has 0 aliphatic carbocycles. The molecule has 0 saturated carbocycles. The number of rotatable bonds is 5. The first-order valence-corrected chi connectivity index (χ1v) is 4.80. The Morgan fingerprint density at radius 2 is 1.93 bits per heavy atom. The molecule has 0 aliphatic rings. The van der Waals surface area contributed by atoms with E-state index in [0.717, 1.165) is 23.4 Å². The molecule has 0 aromatic heterocycles. The first-order valence-electron chi connectivity index (χ1n) is 4.80. The lowest BCUT2D eigenvalue weighted by atomic mass is 10.1. The summed E-state index contributed by atoms with van der Waals surface area (Å²) in [5.41, 5.74) is 2.11. The van der Waals surface area contributed by atoms with Crippen LogP contribution in [0.2, 0.25) is 0 Å². The fourth-order valence-corrected chi connectivity index (χ4v) is 1.57. The van der Waals surface area contributed by atoms with Crippen molar-refractivity contribution in [3.63, 3.8) is 0 Å². The Morgan fingerprint density at radius 1 is 1.27 bits per heavy atom. The summed E-state index contributed by atoms with van der Waals surface area (Å²) >= 11 is 0. The normalized spacial score (nSPS) is 10.7. The maximum atomic E-state index is 5.37. The molecule has 0 fully saturated rings. The molecule has 4 heteroatoms. The molecule has 0 aliphatic heterocycles. The summed E-state index contributed by atoms with van der Waals surface area (Å²) in [6.45, 7) is 1.20. The largest absolute Gasteiger partial charge is 0.496 e. The van der Waals surface area contributed by atoms with Crippen LogP contribution in [0.1, 0.15) is 11.1 Å². The van der Waals surface area contributed by atoms with Crippen molar-refractivity contribution in [2.45, 2.75) is 13.2 Å². The van der Waals surface area contributed by atoms with Gasteiger partial charge in [0.05, 0.1) is 13.7 Å². The predicted octanol–water partition coefficient (Wildman–Crippen LogP) is 1.15. The molecule has 1 rings (SSSR count). The van der Waals surface area contributed by atoms with Crippen molar-refractivity contribution < 1.29 is 9.57 Å². The second-order valence-corrected chi connectivity index (χ2v) is 3.66. The van der Waals surface area contributed by atoms with Gasteiger partial charge >= 0.3 is 0 Å². The van der Waals surface area contributed by atoms with Gasteiger partial charge in [-0.05, 0) is 14.1 Å². The molecular formula is C11H18N2O2. The third-order valence-electron chi connectivity index (χ3n) is 2.11. The van der Waals surface area contributed by atoms with Crippen molar-refractivity contribution >= 4 is 0 Å². The van der Waals surface area contributed by atoms with E-state index in [1.165, 1.54) is 0 Å². The standard InChI is InChI=1S/C11H18N2O2/c1-13(2)7-9-5-4-6-10(8-15-12)11(9)14-3/h4-6H,7-8,12H2,1-3H3. The van der Waals surface area contributed by atoms with Crippen molar-refractivity contribution in [3.05, 3.63) is 29.3 Å². The van der Waals surface area contributed by atoms with Crippen LogP contribution in [0.15, 0.2) is 18.2 Å². The van der Waals surface area contributed by atoms with E-state index in [4.69, 9.17) is 10.6 Å². The Bertz CT molecular complexity index is 313. The highest BCUT2D eigenvalue weighted by molar-refractivity contribution is 5.41. The number of para-hydroxylation sites is 1. The van der Waals surface area contributed by atoms with E-state index in [2.05, 4.69) is 9.74 Å². The molecular weight excluding hydrogens is 192 g/mol. The van der Waals surface area contributed by atoms with Gasteiger partial charge in [-0.3, -0.25) is 4.84 Å². The third kappa shape index (κ3) is 3.20. The number of methoxy groups -OCH3 is 1. The minimum atomic E-state index is 0.366. The monoisotopic (exact) mass is 210 g/mol. The minimum Gasteiger partial charge on any atom is -0.496 e. The summed E-state index contributed by atoms with van der Waals surface area (Å²) in [5, 5.41) is 0. The number of benzene rings is 1. The van der Waals surface area contributed by atoms with Gasteiger partial charge in [0.2, 0.25) is 0 Å². The number of nitrogens with two attached hydrogens (primary N) is 1. The number of hydrogen-bond acceptors (Lipinski definition) is 4. The summed E-state index contributed by atoms with van der Waals surface area (Å²) in [6, 6.07) is 5.97. The van der Waals surface area contributed by atoms with Crippen LogP contribution < -0.4 is 10.6 Å². The summed E-state index contributed by atoms with van der Waals surface area (Å²) < 4.78 is 5.37. The highest BCUT2D eigenvalue weighted by atomic mass is 16.6. The Kier molecular flexibility index (Phi) is 4.55. The second-order valence-electron chi connectivity index (χ2n) is 3.66. The summed E-state index contributed by atoms with van der Waals surface area (Å²) in [6.07, 6.45) is 0. The molecule has 2 N–H and O–H groups in total. The van der Waals surface area contributed by atoms with E-state index >= 15 is 0 Å². The number of ether oxygens (including phenoxy) is 1. The summed E-state index contributed by atoms with van der Waals surface area (Å²) in [5.74, 6) is 5.93. The highest BCUT2D eigenvalue weighted by Gasteiger charge is 2.09. The van der Waals surface area contributed by atoms with Crippen LogP contribution in [0.5, 0.6) is 5.75 Å². The quantitative estimate of drug-likeness (QED) is 0.740. The number of nitrogens with zero attached hydrogens (tertiary/aromatic N) is 1. The summed E-state index contributed by atoms with van der Waals surface area (Å²) in [7, 11) is 5.70. The van der Waals surface area contributed by atoms with Gasteiger partial charge in [0.15, 0.2) is 0 Å². The first kappa shape index (κ1) is 12.0. The molecule has 84 valence electrons. The van der Waals surface area contributed by atoms with Crippen molar-refractivity contribution in [1.29, 1.82) is 0 Å². The van der Waals surface area contributed by atoms with E-state index in [1.54, 1.807) is 7.11 Å². The second kappa shape index (κ2) is 5.70. The van der Waals surface area contributed by atoms with Crippen molar-refractivity contribution in [3.8, 4) is 5.75 Å². The van der Waals surface area contributed by atoms with Gasteiger partial charge in [0, 0.05) is 17.7 Å². The summed E-state index contributed by atoms with van der Waals surface area (Å²) in [4.78, 5) is 6.72. The molecule has 0 atom stereocenters. The zero-order valence-electron chi connectivity index (χ0n) is 9.49. The van der Waals surface area contributed by atoms with Crippen LogP contribution in [0, 0.1) is 0 Å². The lowest BCUT2D eigenvalue weighted by molar-refractivity contribution is 0.122. The molecule has 0 amide bonds. The zero-order chi connectivity index (χ0) is 11.3. The fraction of sp³-hybridized carbons (Fsp3) is 0.455. The van der Waals surface area contributed by atoms with Crippen LogP contribution in [0.4, 0.5) is 0 Å². The Hall–Kier alpha value is -1.10. The van der Waals surface area contributed by atoms with Crippen LogP contribution in [0.25, 0.3) is 0 Å². The Balaban J connectivity index is 2.98. The van der Waals surface area contributed by atoms with E-state index in [-0.39, 0.29) is 0 Å². The molecule has 0 unspecified atom stereocenters. The van der Waals surface area contributed by atoms with E-state index in [0.29, 0.717) is 6.61 Å². The van der Waals surface area contributed by atoms with Gasteiger partial charge in [0.1, 0.15) is 5.75 Å². The van der Waals surface area contributed by atoms with Crippen LogP contribution in [0.3, 0.4) is 0 Å². The number of hydrogen-bond donors (Lipinski definition) is 1. The Morgan fingerprint density at radius 3 is 2.47 bits per heavy atom. The predicted molar refractivity (Wildman–Crippen MR) is 59.4 cm³/mol. The first-order chi connectivity index (χ1) is 7.19.